The Kier molecular flexibility index (Phi) is 7.06. The second kappa shape index (κ2) is 10.0. The lowest BCUT2D eigenvalue weighted by Crippen LogP contribution is -2.32. The Morgan fingerprint density at radius 2 is 1.69 bits per heavy atom. The summed E-state index contributed by atoms with van der Waals surface area (Å²) < 4.78 is 31.8. The quantitative estimate of drug-likeness (QED) is 0.361. The fourth-order valence-corrected chi connectivity index (χ4v) is 4.68. The summed E-state index contributed by atoms with van der Waals surface area (Å²) in [6, 6.07) is 14.8. The molecule has 1 aliphatic rings. The van der Waals surface area contributed by atoms with E-state index in [-0.39, 0.29) is 18.0 Å². The average molecular weight is 476 g/mol. The molecule has 1 aliphatic heterocycles. The van der Waals surface area contributed by atoms with Crippen LogP contribution in [-0.2, 0) is 6.61 Å². The van der Waals surface area contributed by atoms with E-state index in [9.17, 15) is 4.39 Å². The maximum absolute atomic E-state index is 13.9. The molecule has 1 N–H and O–H groups in total. The van der Waals surface area contributed by atoms with Crippen LogP contribution in [0.1, 0.15) is 50.8 Å². The Bertz CT molecular complexity index is 1260. The SMILES string of the molecule is CCCOc1ccc(-c2ccc3c(c2COc2cc(F)ccc2C)C(C)=CC(C)(C)N3)c(OC)c1. The minimum absolute atomic E-state index is 0.161. The zero-order valence-corrected chi connectivity index (χ0v) is 21.4. The molecule has 3 aromatic rings. The number of rotatable bonds is 8. The molecular formula is C30H34FNO3. The topological polar surface area (TPSA) is 39.7 Å². The molecule has 0 saturated carbocycles. The molecule has 0 saturated heterocycles. The van der Waals surface area contributed by atoms with Gasteiger partial charge in [0.15, 0.2) is 0 Å². The summed E-state index contributed by atoms with van der Waals surface area (Å²) in [5.74, 6) is 1.73. The van der Waals surface area contributed by atoms with Crippen molar-refractivity contribution < 1.29 is 18.6 Å². The van der Waals surface area contributed by atoms with E-state index in [0.29, 0.717) is 12.4 Å². The van der Waals surface area contributed by atoms with Gasteiger partial charge in [0.25, 0.3) is 0 Å². The smallest absolute Gasteiger partial charge is 0.130 e. The van der Waals surface area contributed by atoms with Crippen LogP contribution >= 0.6 is 0 Å². The highest BCUT2D eigenvalue weighted by Crippen LogP contribution is 2.43. The highest BCUT2D eigenvalue weighted by Gasteiger charge is 2.27. The van der Waals surface area contributed by atoms with Crippen LogP contribution in [0.5, 0.6) is 17.2 Å². The molecule has 0 spiro atoms. The number of hydrogen-bond donors (Lipinski definition) is 1. The summed E-state index contributed by atoms with van der Waals surface area (Å²) in [7, 11) is 1.67. The van der Waals surface area contributed by atoms with Gasteiger partial charge in [0.1, 0.15) is 29.7 Å². The minimum Gasteiger partial charge on any atom is -0.496 e. The van der Waals surface area contributed by atoms with Gasteiger partial charge in [-0.15, -0.1) is 0 Å². The van der Waals surface area contributed by atoms with Gasteiger partial charge in [-0.3, -0.25) is 0 Å². The van der Waals surface area contributed by atoms with Crippen LogP contribution in [0.15, 0.2) is 54.6 Å². The summed E-state index contributed by atoms with van der Waals surface area (Å²) >= 11 is 0. The lowest BCUT2D eigenvalue weighted by atomic mass is 9.85. The Morgan fingerprint density at radius 3 is 2.43 bits per heavy atom. The van der Waals surface area contributed by atoms with E-state index < -0.39 is 0 Å². The molecule has 0 unspecified atom stereocenters. The maximum Gasteiger partial charge on any atom is 0.130 e. The Hall–Kier alpha value is -3.47. The van der Waals surface area contributed by atoms with Crippen molar-refractivity contribution in [1.29, 1.82) is 0 Å². The summed E-state index contributed by atoms with van der Waals surface area (Å²) in [5, 5.41) is 3.62. The van der Waals surface area contributed by atoms with E-state index in [0.717, 1.165) is 51.4 Å². The van der Waals surface area contributed by atoms with Gasteiger partial charge in [-0.05, 0) is 75.1 Å². The molecule has 0 atom stereocenters. The Labute approximate surface area is 207 Å². The molecule has 5 heteroatoms. The van der Waals surface area contributed by atoms with Crippen molar-refractivity contribution in [3.05, 3.63) is 77.1 Å². The maximum atomic E-state index is 13.9. The van der Waals surface area contributed by atoms with E-state index in [1.165, 1.54) is 17.7 Å². The standard InChI is InChI=1S/C30H34FNO3/c1-7-14-34-22-10-11-24(28(16-22)33-6)23-12-13-26-29(20(3)17-30(4,5)32-26)25(23)18-35-27-15-21(31)9-8-19(27)2/h8-13,15-17,32H,7,14,18H2,1-6H3. The number of aryl methyl sites for hydroxylation is 1. The van der Waals surface area contributed by atoms with Crippen LogP contribution in [0.2, 0.25) is 0 Å². The fourth-order valence-electron chi connectivity index (χ4n) is 4.68. The second-order valence-corrected chi connectivity index (χ2v) is 9.60. The summed E-state index contributed by atoms with van der Waals surface area (Å²) in [4.78, 5) is 0. The summed E-state index contributed by atoms with van der Waals surface area (Å²) in [6.45, 7) is 11.4. The van der Waals surface area contributed by atoms with Gasteiger partial charge < -0.3 is 19.5 Å². The van der Waals surface area contributed by atoms with Gasteiger partial charge in [-0.2, -0.15) is 0 Å². The molecule has 184 valence electrons. The van der Waals surface area contributed by atoms with Crippen LogP contribution < -0.4 is 19.5 Å². The number of halogens is 1. The van der Waals surface area contributed by atoms with Gasteiger partial charge in [0, 0.05) is 34.5 Å². The lowest BCUT2D eigenvalue weighted by Gasteiger charge is -2.33. The molecule has 4 rings (SSSR count). The highest BCUT2D eigenvalue weighted by atomic mass is 19.1. The van der Waals surface area contributed by atoms with Crippen molar-refractivity contribution in [3.8, 4) is 28.4 Å². The zero-order chi connectivity index (χ0) is 25.2. The van der Waals surface area contributed by atoms with Crippen LogP contribution in [0, 0.1) is 12.7 Å². The van der Waals surface area contributed by atoms with Crippen LogP contribution in [0.25, 0.3) is 16.7 Å². The molecule has 0 fully saturated rings. The first-order valence-corrected chi connectivity index (χ1v) is 12.1. The lowest BCUT2D eigenvalue weighted by molar-refractivity contribution is 0.302. The van der Waals surface area contributed by atoms with E-state index >= 15 is 0 Å². The number of anilines is 1. The van der Waals surface area contributed by atoms with Gasteiger partial charge >= 0.3 is 0 Å². The fraction of sp³-hybridized carbons (Fsp3) is 0.333. The summed E-state index contributed by atoms with van der Waals surface area (Å²) in [5.41, 5.74) is 7.02. The zero-order valence-electron chi connectivity index (χ0n) is 21.4. The Morgan fingerprint density at radius 1 is 0.914 bits per heavy atom. The van der Waals surface area contributed by atoms with Crippen molar-refractivity contribution in [1.82, 2.24) is 0 Å². The first-order valence-electron chi connectivity index (χ1n) is 12.1. The van der Waals surface area contributed by atoms with Crippen molar-refractivity contribution in [2.45, 2.75) is 53.2 Å². The molecular weight excluding hydrogens is 441 g/mol. The largest absolute Gasteiger partial charge is 0.496 e. The number of benzene rings is 3. The third-order valence-corrected chi connectivity index (χ3v) is 6.20. The predicted molar refractivity (Wildman–Crippen MR) is 141 cm³/mol. The van der Waals surface area contributed by atoms with Gasteiger partial charge in [-0.25, -0.2) is 4.39 Å². The average Bonchev–Trinajstić information content (AvgIpc) is 2.82. The van der Waals surface area contributed by atoms with Gasteiger partial charge in [0.05, 0.1) is 19.3 Å². The number of fused-ring (bicyclic) bond motifs is 1. The molecule has 4 nitrogen and oxygen atoms in total. The van der Waals surface area contributed by atoms with Crippen molar-refractivity contribution in [3.63, 3.8) is 0 Å². The molecule has 1 heterocycles. The number of ether oxygens (including phenoxy) is 3. The van der Waals surface area contributed by atoms with Crippen molar-refractivity contribution in [2.75, 3.05) is 19.0 Å². The van der Waals surface area contributed by atoms with E-state index in [1.54, 1.807) is 13.2 Å². The van der Waals surface area contributed by atoms with Crippen LogP contribution in [0.3, 0.4) is 0 Å². The number of allylic oxidation sites excluding steroid dienone is 1. The normalized spacial score (nSPS) is 14.0. The van der Waals surface area contributed by atoms with Crippen LogP contribution in [0.4, 0.5) is 10.1 Å². The molecule has 0 aliphatic carbocycles. The Balaban J connectivity index is 1.83. The van der Waals surface area contributed by atoms with Gasteiger partial charge in [0.2, 0.25) is 0 Å². The highest BCUT2D eigenvalue weighted by molar-refractivity contribution is 5.88. The third kappa shape index (κ3) is 5.29. The van der Waals surface area contributed by atoms with E-state index in [4.69, 9.17) is 14.2 Å². The summed E-state index contributed by atoms with van der Waals surface area (Å²) in [6.07, 6.45) is 3.17. The van der Waals surface area contributed by atoms with Crippen molar-refractivity contribution in [2.24, 2.45) is 0 Å². The molecule has 35 heavy (non-hydrogen) atoms. The molecule has 0 bridgehead atoms. The molecule has 0 radical (unpaired) electrons. The van der Waals surface area contributed by atoms with Gasteiger partial charge in [-0.1, -0.05) is 25.1 Å². The van der Waals surface area contributed by atoms with E-state index in [2.05, 4.69) is 51.2 Å². The number of methoxy groups -OCH3 is 1. The minimum atomic E-state index is -0.315. The predicted octanol–water partition coefficient (Wildman–Crippen LogP) is 7.78. The number of hydrogen-bond acceptors (Lipinski definition) is 4. The van der Waals surface area contributed by atoms with Crippen LogP contribution in [-0.4, -0.2) is 19.3 Å². The van der Waals surface area contributed by atoms with E-state index in [1.807, 2.05) is 25.1 Å². The third-order valence-electron chi connectivity index (χ3n) is 6.20. The van der Waals surface area contributed by atoms with Crippen molar-refractivity contribution >= 4 is 11.3 Å². The first kappa shape index (κ1) is 24.6. The second-order valence-electron chi connectivity index (χ2n) is 9.60. The first-order chi connectivity index (χ1) is 16.7. The molecule has 0 aromatic heterocycles. The molecule has 3 aromatic carbocycles. The monoisotopic (exact) mass is 475 g/mol. The number of nitrogens with one attached hydrogen (secondary N) is 1. The molecule has 0 amide bonds.